The molecule has 8 bridgehead atoms. The van der Waals surface area contributed by atoms with Crippen molar-refractivity contribution in [2.24, 2.45) is 0 Å². The number of fused-ring (bicyclic) bond motifs is 10. The Labute approximate surface area is 189 Å². The Balaban J connectivity index is 1.87. The number of aromatic nitrogens is 4. The van der Waals surface area contributed by atoms with Crippen molar-refractivity contribution < 1.29 is 0 Å². The van der Waals surface area contributed by atoms with Gasteiger partial charge in [0.25, 0.3) is 0 Å². The minimum Gasteiger partial charge on any atom is -0.354 e. The van der Waals surface area contributed by atoms with E-state index < -0.39 is 0 Å². The largest absolute Gasteiger partial charge is 0.354 e. The first-order chi connectivity index (χ1) is 15.7. The smallest absolute Gasteiger partial charge is 0.0907 e. The third kappa shape index (κ3) is 3.31. The molecule has 0 aromatic carbocycles. The molecular weight excluding hydrogens is 392 g/mol. The minimum atomic E-state index is 0.968. The molecule has 3 aromatic rings. The maximum Gasteiger partial charge on any atom is 0.0907 e. The number of allylic oxidation sites excluding steroid dienone is 4. The SMILES string of the molecule is CCC1=C(CC)c2nc1ccc1ccc([nH]1)c1nc(ccc3ccc2[nH]3)C(CC)=C1CC. The fourth-order valence-electron chi connectivity index (χ4n) is 5.01. The average Bonchev–Trinajstić information content (AvgIpc) is 3.58. The Morgan fingerprint density at radius 1 is 0.500 bits per heavy atom. The third-order valence-corrected chi connectivity index (χ3v) is 6.57. The van der Waals surface area contributed by atoms with Crippen molar-refractivity contribution in [2.45, 2.75) is 53.4 Å². The van der Waals surface area contributed by atoms with E-state index >= 15 is 0 Å². The summed E-state index contributed by atoms with van der Waals surface area (Å²) in [7, 11) is 0. The molecule has 5 heterocycles. The fourth-order valence-corrected chi connectivity index (χ4v) is 5.01. The topological polar surface area (TPSA) is 57.4 Å². The molecule has 4 nitrogen and oxygen atoms in total. The van der Waals surface area contributed by atoms with Crippen LogP contribution in [0.25, 0.3) is 44.4 Å². The Morgan fingerprint density at radius 2 is 0.875 bits per heavy atom. The molecule has 0 saturated heterocycles. The van der Waals surface area contributed by atoms with Gasteiger partial charge in [0.15, 0.2) is 0 Å². The summed E-state index contributed by atoms with van der Waals surface area (Å²) >= 11 is 0. The predicted octanol–water partition coefficient (Wildman–Crippen LogP) is 7.78. The van der Waals surface area contributed by atoms with Crippen molar-refractivity contribution >= 4 is 44.4 Å². The number of nitrogens with zero attached hydrogens (tertiary/aromatic N) is 2. The van der Waals surface area contributed by atoms with Crippen LogP contribution in [-0.4, -0.2) is 19.9 Å². The van der Waals surface area contributed by atoms with Gasteiger partial charge in [0, 0.05) is 11.0 Å². The zero-order valence-corrected chi connectivity index (χ0v) is 19.3. The molecule has 0 aliphatic carbocycles. The monoisotopic (exact) mass is 422 g/mol. The van der Waals surface area contributed by atoms with Crippen molar-refractivity contribution in [2.75, 3.05) is 0 Å². The lowest BCUT2D eigenvalue weighted by atomic mass is 10.0. The van der Waals surface area contributed by atoms with Crippen LogP contribution in [0.2, 0.25) is 0 Å². The van der Waals surface area contributed by atoms with Gasteiger partial charge in [0.05, 0.1) is 33.8 Å². The summed E-state index contributed by atoms with van der Waals surface area (Å²) in [6, 6.07) is 17.1. The summed E-state index contributed by atoms with van der Waals surface area (Å²) < 4.78 is 0. The zero-order chi connectivity index (χ0) is 22.2. The molecule has 0 amide bonds. The second kappa shape index (κ2) is 8.27. The Morgan fingerprint density at radius 3 is 1.25 bits per heavy atom. The van der Waals surface area contributed by atoms with Crippen LogP contribution in [0.1, 0.15) is 76.2 Å². The molecule has 162 valence electrons. The first-order valence-corrected chi connectivity index (χ1v) is 11.8. The number of rotatable bonds is 4. The highest BCUT2D eigenvalue weighted by Gasteiger charge is 2.20. The van der Waals surface area contributed by atoms with Crippen LogP contribution in [0.4, 0.5) is 0 Å². The number of nitrogens with one attached hydrogen (secondary N) is 2. The predicted molar refractivity (Wildman–Crippen MR) is 136 cm³/mol. The van der Waals surface area contributed by atoms with E-state index in [1.165, 1.54) is 22.3 Å². The molecule has 3 aromatic heterocycles. The Hall–Kier alpha value is -3.40. The van der Waals surface area contributed by atoms with Crippen molar-refractivity contribution in [3.8, 4) is 0 Å². The van der Waals surface area contributed by atoms with Crippen molar-refractivity contribution in [1.82, 2.24) is 19.9 Å². The van der Waals surface area contributed by atoms with E-state index in [0.29, 0.717) is 0 Å². The van der Waals surface area contributed by atoms with Gasteiger partial charge in [-0.05, 0) is 96.5 Å². The van der Waals surface area contributed by atoms with E-state index in [2.05, 4.69) is 86.2 Å². The van der Waals surface area contributed by atoms with Gasteiger partial charge >= 0.3 is 0 Å². The summed E-state index contributed by atoms with van der Waals surface area (Å²) in [6.07, 6.45) is 3.88. The molecule has 4 heteroatoms. The van der Waals surface area contributed by atoms with Crippen LogP contribution in [0, 0.1) is 0 Å². The molecule has 2 aliphatic heterocycles. The van der Waals surface area contributed by atoms with Crippen molar-refractivity contribution in [3.05, 3.63) is 71.3 Å². The molecule has 32 heavy (non-hydrogen) atoms. The maximum absolute atomic E-state index is 5.05. The average molecular weight is 423 g/mol. The van der Waals surface area contributed by atoms with Gasteiger partial charge in [0.2, 0.25) is 0 Å². The van der Waals surface area contributed by atoms with Gasteiger partial charge in [-0.1, -0.05) is 27.7 Å². The van der Waals surface area contributed by atoms with E-state index in [0.717, 1.165) is 70.5 Å². The second-order valence-electron chi connectivity index (χ2n) is 8.34. The highest BCUT2D eigenvalue weighted by molar-refractivity contribution is 5.97. The van der Waals surface area contributed by atoms with E-state index in [-0.39, 0.29) is 0 Å². The summed E-state index contributed by atoms with van der Waals surface area (Å²) in [5, 5.41) is 0. The van der Waals surface area contributed by atoms with Gasteiger partial charge in [-0.25, -0.2) is 9.97 Å². The van der Waals surface area contributed by atoms with Gasteiger partial charge in [0.1, 0.15) is 0 Å². The second-order valence-corrected chi connectivity index (χ2v) is 8.34. The van der Waals surface area contributed by atoms with Crippen LogP contribution in [-0.2, 0) is 0 Å². The molecule has 2 N–H and O–H groups in total. The third-order valence-electron chi connectivity index (χ3n) is 6.57. The van der Waals surface area contributed by atoms with Crippen LogP contribution in [0.5, 0.6) is 0 Å². The maximum atomic E-state index is 5.05. The van der Waals surface area contributed by atoms with Crippen molar-refractivity contribution in [3.63, 3.8) is 0 Å². The Kier molecular flexibility index (Phi) is 5.30. The zero-order valence-electron chi connectivity index (χ0n) is 19.3. The normalized spacial score (nSPS) is 13.9. The van der Waals surface area contributed by atoms with E-state index in [1.807, 2.05) is 0 Å². The van der Waals surface area contributed by atoms with E-state index in [9.17, 15) is 0 Å². The molecule has 2 aliphatic rings. The molecular formula is C28H30N4. The Bertz CT molecular complexity index is 1300. The summed E-state index contributed by atoms with van der Waals surface area (Å²) in [5.41, 5.74) is 13.9. The van der Waals surface area contributed by atoms with Gasteiger partial charge in [-0.2, -0.15) is 0 Å². The van der Waals surface area contributed by atoms with Crippen LogP contribution >= 0.6 is 0 Å². The highest BCUT2D eigenvalue weighted by atomic mass is 14.8. The molecule has 0 saturated carbocycles. The van der Waals surface area contributed by atoms with Crippen LogP contribution in [0.3, 0.4) is 0 Å². The van der Waals surface area contributed by atoms with Gasteiger partial charge in [-0.3, -0.25) is 0 Å². The van der Waals surface area contributed by atoms with E-state index in [1.54, 1.807) is 0 Å². The molecule has 0 spiro atoms. The highest BCUT2D eigenvalue weighted by Crippen LogP contribution is 2.37. The summed E-state index contributed by atoms with van der Waals surface area (Å²) in [5.74, 6) is 0. The summed E-state index contributed by atoms with van der Waals surface area (Å²) in [4.78, 5) is 17.3. The number of hydrogen-bond acceptors (Lipinski definition) is 2. The first-order valence-electron chi connectivity index (χ1n) is 11.8. The number of aromatic amines is 2. The fraction of sp³-hybridized carbons (Fsp3) is 0.286. The van der Waals surface area contributed by atoms with Gasteiger partial charge in [-0.15, -0.1) is 0 Å². The van der Waals surface area contributed by atoms with Crippen LogP contribution < -0.4 is 0 Å². The van der Waals surface area contributed by atoms with Gasteiger partial charge < -0.3 is 9.97 Å². The number of H-pyrrole nitrogens is 2. The lowest BCUT2D eigenvalue weighted by Crippen LogP contribution is -1.83. The quantitative estimate of drug-likeness (QED) is 0.451. The first kappa shape index (κ1) is 20.5. The lowest BCUT2D eigenvalue weighted by Gasteiger charge is -2.03. The molecule has 5 rings (SSSR count). The van der Waals surface area contributed by atoms with Crippen molar-refractivity contribution in [1.29, 1.82) is 0 Å². The summed E-state index contributed by atoms with van der Waals surface area (Å²) in [6.45, 7) is 8.86. The minimum absolute atomic E-state index is 0.968. The molecule has 0 radical (unpaired) electrons. The molecule has 0 atom stereocenters. The number of hydrogen-bond donors (Lipinski definition) is 2. The molecule has 0 fully saturated rings. The van der Waals surface area contributed by atoms with Crippen LogP contribution in [0.15, 0.2) is 48.5 Å². The molecule has 0 unspecified atom stereocenters. The van der Waals surface area contributed by atoms with E-state index in [4.69, 9.17) is 9.97 Å². The standard InChI is InChI=1S/C28H30N4/c1-5-19-21(7-3)27-25-15-11-18(29-25)10-14-24-20(6-2)22(8-4)28(32-24)26-16-12-17(30-26)9-13-23(19)31-27/h9-16,29-30H,5-8H2,1-4H3. The lowest BCUT2D eigenvalue weighted by molar-refractivity contribution is 1.20.